The monoisotopic (exact) mass is 1470 g/mol. The van der Waals surface area contributed by atoms with E-state index in [1.807, 2.05) is 17.0 Å². The highest BCUT2D eigenvalue weighted by Crippen LogP contribution is 2.33. The molecule has 526 valence electrons. The Morgan fingerprint density at radius 3 is 1.97 bits per heavy atom. The van der Waals surface area contributed by atoms with Crippen LogP contribution < -0.4 is 20.7 Å². The van der Waals surface area contributed by atoms with Crippen LogP contribution in [0.1, 0.15) is 80.1 Å². The Labute approximate surface area is 575 Å². The van der Waals surface area contributed by atoms with E-state index >= 15 is 0 Å². The molecule has 3 atom stereocenters. The number of unbranched alkanes of at least 4 members (excludes halogenated alkanes) is 3. The van der Waals surface area contributed by atoms with Gasteiger partial charge in [-0.2, -0.15) is 0 Å². The number of likely N-dealkylation sites (tertiary alicyclic amines) is 2. The predicted octanol–water partition coefficient (Wildman–Crippen LogP) is 2.33. The molecule has 4 aliphatic rings. The van der Waals surface area contributed by atoms with Gasteiger partial charge in [0.2, 0.25) is 35.4 Å². The zero-order chi connectivity index (χ0) is 69.2. The largest absolute Gasteiger partial charge is 0.494 e. The zero-order valence-electron chi connectivity index (χ0n) is 54.4. The van der Waals surface area contributed by atoms with Crippen molar-refractivity contribution in [2.75, 3.05) is 158 Å². The van der Waals surface area contributed by atoms with E-state index in [0.29, 0.717) is 88.1 Å². The maximum atomic E-state index is 14.2. The average molecular weight is 1470 g/mol. The number of hydrogen-bond donors (Lipinski definition) is 6. The van der Waals surface area contributed by atoms with Crippen molar-refractivity contribution >= 4 is 111 Å². The number of carboxylic acid groups (broad SMARTS) is 3. The second kappa shape index (κ2) is 38.8. The maximum absolute atomic E-state index is 14.2. The zero-order valence-corrected chi connectivity index (χ0v) is 57.4. The summed E-state index contributed by atoms with van der Waals surface area (Å²) in [5.74, 6) is -8.69. The van der Waals surface area contributed by atoms with Gasteiger partial charge in [0, 0.05) is 145 Å². The van der Waals surface area contributed by atoms with Crippen molar-refractivity contribution in [2.24, 2.45) is 4.99 Å². The summed E-state index contributed by atoms with van der Waals surface area (Å²) in [6.07, 6.45) is 8.12. The predicted molar refractivity (Wildman–Crippen MR) is 363 cm³/mol. The average Bonchev–Trinajstić information content (AvgIpc) is 1.46. The van der Waals surface area contributed by atoms with Crippen LogP contribution in [0.4, 0.5) is 8.78 Å². The molecule has 0 aliphatic carbocycles. The first-order valence-corrected chi connectivity index (χ1v) is 34.7. The van der Waals surface area contributed by atoms with Crippen LogP contribution in [0.5, 0.6) is 5.75 Å². The number of halogens is 3. The number of aromatic nitrogens is 1. The SMILES string of the molecule is CN=C[C@H]1CC(F)(F)CN1C(=O)CNC(=O)c1ccnc2ccc(OCCCCN3CCN(C(=O)CN4C(=O)CC(S[C@H](CCCCCNC(=O)CCCc5ccc(I)cc5)CNC(=O)CN5CCN(CC(=O)O)CCN(CC(=O)O)CCN(CC(=O)O)CC5)C4=O)CC3)cc12. The molecule has 0 radical (unpaired) electrons. The van der Waals surface area contributed by atoms with Gasteiger partial charge in [-0.1, -0.05) is 25.0 Å². The number of nitrogens with zero attached hydrogens (tertiary/aromatic N) is 10. The molecule has 27 nitrogen and oxygen atoms in total. The van der Waals surface area contributed by atoms with Crippen molar-refractivity contribution in [2.45, 2.75) is 93.1 Å². The van der Waals surface area contributed by atoms with Gasteiger partial charge in [0.25, 0.3) is 11.8 Å². The smallest absolute Gasteiger partial charge is 0.317 e. The third-order valence-corrected chi connectivity index (χ3v) is 19.4. The number of ether oxygens (including phenoxy) is 1. The fourth-order valence-corrected chi connectivity index (χ4v) is 13.8. The Bertz CT molecular complexity index is 3160. The number of fused-ring (bicyclic) bond motifs is 1. The molecule has 0 saturated carbocycles. The summed E-state index contributed by atoms with van der Waals surface area (Å²) < 4.78 is 35.5. The first-order chi connectivity index (χ1) is 46.0. The molecule has 6 N–H and O–H groups in total. The molecule has 4 fully saturated rings. The Balaban J connectivity index is 0.868. The second-order valence-corrected chi connectivity index (χ2v) is 27.3. The number of thioether (sulfide) groups is 1. The summed E-state index contributed by atoms with van der Waals surface area (Å²) in [6, 6.07) is 14.0. The minimum absolute atomic E-state index is 0.0282. The number of amides is 7. The van der Waals surface area contributed by atoms with Crippen LogP contribution in [-0.4, -0.2) is 305 Å². The van der Waals surface area contributed by atoms with Crippen LogP contribution in [0.2, 0.25) is 0 Å². The van der Waals surface area contributed by atoms with Gasteiger partial charge in [0.05, 0.1) is 68.2 Å². The number of aryl methyl sites for hydroxylation is 1. The van der Waals surface area contributed by atoms with Gasteiger partial charge in [-0.25, -0.2) is 8.78 Å². The first-order valence-electron chi connectivity index (χ1n) is 32.7. The van der Waals surface area contributed by atoms with Crippen molar-refractivity contribution in [3.05, 3.63) is 69.4 Å². The molecule has 7 rings (SSSR count). The van der Waals surface area contributed by atoms with E-state index in [2.05, 4.69) is 65.6 Å². The van der Waals surface area contributed by atoms with Crippen molar-refractivity contribution in [3.63, 3.8) is 0 Å². The lowest BCUT2D eigenvalue weighted by Gasteiger charge is -2.35. The van der Waals surface area contributed by atoms with E-state index in [4.69, 9.17) is 4.74 Å². The van der Waals surface area contributed by atoms with Gasteiger partial charge < -0.3 is 45.8 Å². The summed E-state index contributed by atoms with van der Waals surface area (Å²) in [4.78, 5) is 150. The summed E-state index contributed by atoms with van der Waals surface area (Å²) in [5.41, 5.74) is 1.92. The summed E-state index contributed by atoms with van der Waals surface area (Å²) in [6.45, 7) is 2.79. The maximum Gasteiger partial charge on any atom is 0.317 e. The Hall–Kier alpha value is -7.04. The molecule has 7 amide bonds. The molecule has 96 heavy (non-hydrogen) atoms. The summed E-state index contributed by atoms with van der Waals surface area (Å²) >= 11 is 3.54. The third-order valence-electron chi connectivity index (χ3n) is 17.2. The number of aliphatic carboxylic acids is 3. The van der Waals surface area contributed by atoms with E-state index in [9.17, 15) is 72.0 Å². The number of rotatable bonds is 34. The fraction of sp³-hybridized carbons (Fsp3) is 0.600. The minimum Gasteiger partial charge on any atom is -0.494 e. The Morgan fingerprint density at radius 2 is 1.34 bits per heavy atom. The number of alkyl halides is 2. The second-order valence-electron chi connectivity index (χ2n) is 24.6. The van der Waals surface area contributed by atoms with E-state index in [-0.39, 0.29) is 120 Å². The highest BCUT2D eigenvalue weighted by atomic mass is 127. The molecule has 0 spiro atoms. The number of benzene rings is 2. The summed E-state index contributed by atoms with van der Waals surface area (Å²) in [5, 5.41) is 36.8. The molecular weight excluding hydrogens is 1380 g/mol. The molecule has 31 heteroatoms. The van der Waals surface area contributed by atoms with E-state index < -0.39 is 84.8 Å². The lowest BCUT2D eigenvalue weighted by molar-refractivity contribution is -0.146. The third kappa shape index (κ3) is 25.8. The Morgan fingerprint density at radius 1 is 0.719 bits per heavy atom. The van der Waals surface area contributed by atoms with Crippen molar-refractivity contribution in [1.29, 1.82) is 0 Å². The lowest BCUT2D eigenvalue weighted by atomic mass is 10.1. The number of pyridine rings is 1. The number of carboxylic acids is 3. The number of aliphatic imine (C=N–C) groups is 1. The highest BCUT2D eigenvalue weighted by molar-refractivity contribution is 14.1. The van der Waals surface area contributed by atoms with Crippen LogP contribution >= 0.6 is 34.4 Å². The lowest BCUT2D eigenvalue weighted by Crippen LogP contribution is -2.52. The molecule has 3 aromatic rings. The molecule has 4 aliphatic heterocycles. The molecule has 5 heterocycles. The number of piperazine rings is 1. The quantitative estimate of drug-likeness (QED) is 0.0216. The number of hydrogen-bond acceptors (Lipinski definition) is 19. The first kappa shape index (κ1) is 76.3. The van der Waals surface area contributed by atoms with Crippen LogP contribution in [0, 0.1) is 3.57 Å². The minimum atomic E-state index is -3.06. The van der Waals surface area contributed by atoms with Gasteiger partial charge in [0.15, 0.2) is 0 Å². The molecule has 0 bridgehead atoms. The van der Waals surface area contributed by atoms with Crippen LogP contribution in [-0.2, 0) is 49.6 Å². The topological polar surface area (TPSA) is 328 Å². The molecular formula is C65H90F2IN13O14S. The van der Waals surface area contributed by atoms with Crippen molar-refractivity contribution in [1.82, 2.24) is 60.1 Å². The summed E-state index contributed by atoms with van der Waals surface area (Å²) in [7, 11) is 1.44. The number of carbonyl (C=O) groups is 10. The van der Waals surface area contributed by atoms with Gasteiger partial charge >= 0.3 is 17.9 Å². The van der Waals surface area contributed by atoms with Crippen molar-refractivity contribution < 1.29 is 76.8 Å². The highest BCUT2D eigenvalue weighted by Gasteiger charge is 2.46. The molecule has 2 aromatic carbocycles. The number of nitrogens with one attached hydrogen (secondary N) is 3. The van der Waals surface area contributed by atoms with E-state index in [1.54, 1.807) is 37.8 Å². The molecule has 1 unspecified atom stereocenters. The van der Waals surface area contributed by atoms with E-state index in [0.717, 1.165) is 45.6 Å². The standard InChI is InChI=1S/C65H90F2IN13O14S/c1-69-37-48-36-65(66,67)45-81(48)58(85)39-73-63(93)51-17-19-70-53-16-15-49(34-52(51)53)95-33-6-5-20-74-29-31-79(32-30-74)59(86)41-80-57(84)35-54(64(80)94)96-50(9-3-2-4-18-71-55(82)10-7-8-46-11-13-47(68)14-12-46)38-72-56(83)40-75-21-23-76(42-60(87)88)25-27-78(44-62(91)92)28-26-77(24-22-75)43-61(89)90/h11-17,19,34,37,48,50,54H,2-10,18,20-33,35-36,38-45H2,1H3,(H,71,82)(H,72,83)(H,73,93)(H,87,88)(H,89,90)(H,91,92)/t48-,50-,54?/m1/s1. The van der Waals surface area contributed by atoms with Gasteiger partial charge in [0.1, 0.15) is 12.3 Å². The van der Waals surface area contributed by atoms with Crippen molar-refractivity contribution in [3.8, 4) is 5.75 Å². The van der Waals surface area contributed by atoms with Crippen LogP contribution in [0.25, 0.3) is 10.9 Å². The molecule has 4 saturated heterocycles. The van der Waals surface area contributed by atoms with Gasteiger partial charge in [-0.3, -0.25) is 87.3 Å². The van der Waals surface area contributed by atoms with Gasteiger partial charge in [-0.05, 0) is 110 Å². The Kier molecular flexibility index (Phi) is 30.8. The molecule has 1 aromatic heterocycles. The van der Waals surface area contributed by atoms with Crippen LogP contribution in [0.3, 0.4) is 0 Å². The van der Waals surface area contributed by atoms with E-state index in [1.165, 1.54) is 42.9 Å². The normalized spacial score (nSPS) is 19.3. The fourth-order valence-electron chi connectivity index (χ4n) is 12.0. The number of carbonyl (C=O) groups excluding carboxylic acids is 7. The van der Waals surface area contributed by atoms with Crippen LogP contribution in [0.15, 0.2) is 59.7 Å². The van der Waals surface area contributed by atoms with Gasteiger partial charge in [-0.15, -0.1) is 11.8 Å². The number of imide groups is 1.